The highest BCUT2D eigenvalue weighted by Crippen LogP contribution is 2.37. The summed E-state index contributed by atoms with van der Waals surface area (Å²) in [7, 11) is -2.42. The van der Waals surface area contributed by atoms with E-state index in [-0.39, 0.29) is 59.6 Å². The van der Waals surface area contributed by atoms with Gasteiger partial charge in [-0.3, -0.25) is 9.59 Å². The van der Waals surface area contributed by atoms with Gasteiger partial charge in [-0.2, -0.15) is 4.31 Å². The van der Waals surface area contributed by atoms with Gasteiger partial charge in [0, 0.05) is 30.5 Å². The van der Waals surface area contributed by atoms with Crippen LogP contribution in [-0.2, 0) is 14.8 Å². The molecule has 0 saturated heterocycles. The van der Waals surface area contributed by atoms with Crippen molar-refractivity contribution in [1.82, 2.24) is 9.21 Å². The highest BCUT2D eigenvalue weighted by molar-refractivity contribution is 7.89. The second-order valence-corrected chi connectivity index (χ2v) is 12.3. The zero-order valence-electron chi connectivity index (χ0n) is 21.1. The van der Waals surface area contributed by atoms with E-state index in [0.717, 1.165) is 12.8 Å². The number of ether oxygens (including phenoxy) is 1. The molecule has 2 aromatic carbocycles. The number of aliphatic hydroxyl groups excluding tert-OH is 1. The summed E-state index contributed by atoms with van der Waals surface area (Å²) in [5.74, 6) is -0.645. The maximum Gasteiger partial charge on any atom is 0.258 e. The van der Waals surface area contributed by atoms with Crippen molar-refractivity contribution >= 4 is 39.1 Å². The molecule has 0 aromatic heterocycles. The molecule has 3 atom stereocenters. The van der Waals surface area contributed by atoms with Crippen LogP contribution < -0.4 is 10.1 Å². The lowest BCUT2D eigenvalue weighted by Gasteiger charge is -2.38. The Morgan fingerprint density at radius 2 is 1.97 bits per heavy atom. The Labute approximate surface area is 222 Å². The van der Waals surface area contributed by atoms with Crippen LogP contribution in [0.2, 0.25) is 5.02 Å². The Morgan fingerprint density at radius 3 is 2.62 bits per heavy atom. The third kappa shape index (κ3) is 5.93. The van der Waals surface area contributed by atoms with Crippen LogP contribution in [-0.4, -0.2) is 73.4 Å². The summed E-state index contributed by atoms with van der Waals surface area (Å²) in [6, 6.07) is 10.5. The normalized spacial score (nSPS) is 21.0. The minimum atomic E-state index is -3.88. The lowest BCUT2D eigenvalue weighted by Crippen LogP contribution is -2.50. The van der Waals surface area contributed by atoms with E-state index in [1.807, 2.05) is 6.92 Å². The number of nitrogens with zero attached hydrogens (tertiary/aromatic N) is 2. The average Bonchev–Trinajstić information content (AvgIpc) is 3.71. The third-order valence-electron chi connectivity index (χ3n) is 6.84. The molecule has 4 rings (SSSR count). The van der Waals surface area contributed by atoms with Gasteiger partial charge in [0.15, 0.2) is 5.75 Å². The second kappa shape index (κ2) is 11.0. The van der Waals surface area contributed by atoms with Gasteiger partial charge >= 0.3 is 0 Å². The number of carbonyl (C=O) groups is 2. The second-order valence-electron chi connectivity index (χ2n) is 9.81. The van der Waals surface area contributed by atoms with Gasteiger partial charge in [-0.1, -0.05) is 30.7 Å². The third-order valence-corrected chi connectivity index (χ3v) is 8.89. The van der Waals surface area contributed by atoms with E-state index in [0.29, 0.717) is 10.7 Å². The van der Waals surface area contributed by atoms with Gasteiger partial charge in [0.25, 0.3) is 5.91 Å². The highest BCUT2D eigenvalue weighted by atomic mass is 35.5. The molecule has 1 fully saturated rings. The molecule has 2 aliphatic rings. The van der Waals surface area contributed by atoms with Gasteiger partial charge in [-0.05, 0) is 50.1 Å². The van der Waals surface area contributed by atoms with Crippen LogP contribution in [0.5, 0.6) is 5.75 Å². The molecule has 0 radical (unpaired) electrons. The number of anilines is 1. The molecule has 1 aliphatic carbocycles. The quantitative estimate of drug-likeness (QED) is 0.522. The number of carbonyl (C=O) groups excluding carboxylic acids is 2. The average molecular weight is 550 g/mol. The van der Waals surface area contributed by atoms with Gasteiger partial charge in [-0.15, -0.1) is 0 Å². The SMILES string of the molecule is C[C@H](CO)N1C[C@H](C)[C@H](CN(C)S(=O)(=O)c2cccc(Cl)c2)Oc2c(NC(=O)C3CC3)cccc2C1=O. The van der Waals surface area contributed by atoms with Crippen molar-refractivity contribution in [2.75, 3.05) is 32.1 Å². The number of hydrogen-bond acceptors (Lipinski definition) is 6. The van der Waals surface area contributed by atoms with Crippen LogP contribution in [0.3, 0.4) is 0 Å². The number of nitrogens with one attached hydrogen (secondary N) is 1. The van der Waals surface area contributed by atoms with Crippen LogP contribution in [0.1, 0.15) is 37.0 Å². The summed E-state index contributed by atoms with van der Waals surface area (Å²) in [5.41, 5.74) is 0.602. The minimum absolute atomic E-state index is 0.0180. The molecule has 9 nitrogen and oxygen atoms in total. The van der Waals surface area contributed by atoms with E-state index in [4.69, 9.17) is 16.3 Å². The molecule has 2 amide bonds. The summed E-state index contributed by atoms with van der Waals surface area (Å²) in [4.78, 5) is 27.7. The molecule has 11 heteroatoms. The van der Waals surface area contributed by atoms with Gasteiger partial charge in [0.2, 0.25) is 15.9 Å². The first-order valence-corrected chi connectivity index (χ1v) is 14.1. The first-order chi connectivity index (χ1) is 17.5. The molecule has 37 heavy (non-hydrogen) atoms. The van der Waals surface area contributed by atoms with Crippen molar-refractivity contribution in [3.05, 3.63) is 53.1 Å². The van der Waals surface area contributed by atoms with E-state index in [1.165, 1.54) is 23.5 Å². The number of fused-ring (bicyclic) bond motifs is 1. The van der Waals surface area contributed by atoms with E-state index in [9.17, 15) is 23.1 Å². The minimum Gasteiger partial charge on any atom is -0.486 e. The number of halogens is 1. The summed E-state index contributed by atoms with van der Waals surface area (Å²) < 4.78 is 34.2. The number of benzene rings is 2. The molecule has 200 valence electrons. The number of para-hydroxylation sites is 1. The molecular weight excluding hydrogens is 518 g/mol. The zero-order valence-corrected chi connectivity index (χ0v) is 22.6. The summed E-state index contributed by atoms with van der Waals surface area (Å²) in [6.07, 6.45) is 0.959. The van der Waals surface area contributed by atoms with Crippen molar-refractivity contribution in [3.63, 3.8) is 0 Å². The predicted octanol–water partition coefficient (Wildman–Crippen LogP) is 3.23. The predicted molar refractivity (Wildman–Crippen MR) is 140 cm³/mol. The van der Waals surface area contributed by atoms with Gasteiger partial charge in [-0.25, -0.2) is 8.42 Å². The van der Waals surface area contributed by atoms with Crippen molar-refractivity contribution in [3.8, 4) is 5.75 Å². The van der Waals surface area contributed by atoms with Crippen molar-refractivity contribution < 1.29 is 27.9 Å². The van der Waals surface area contributed by atoms with Crippen molar-refractivity contribution in [1.29, 1.82) is 0 Å². The number of amides is 2. The van der Waals surface area contributed by atoms with Crippen LogP contribution in [0.15, 0.2) is 47.4 Å². The molecule has 1 heterocycles. The van der Waals surface area contributed by atoms with Crippen LogP contribution in [0, 0.1) is 11.8 Å². The van der Waals surface area contributed by atoms with E-state index in [2.05, 4.69) is 5.32 Å². The highest BCUT2D eigenvalue weighted by Gasteiger charge is 2.37. The van der Waals surface area contributed by atoms with E-state index >= 15 is 0 Å². The molecule has 2 N–H and O–H groups in total. The van der Waals surface area contributed by atoms with Crippen LogP contribution in [0.4, 0.5) is 5.69 Å². The Balaban J connectivity index is 1.71. The fourth-order valence-electron chi connectivity index (χ4n) is 4.30. The molecular formula is C26H32ClN3O6S. The maximum absolute atomic E-state index is 13.5. The van der Waals surface area contributed by atoms with Crippen LogP contribution >= 0.6 is 11.6 Å². The lowest BCUT2D eigenvalue weighted by molar-refractivity contribution is -0.117. The number of likely N-dealkylation sites (N-methyl/N-ethyl adjacent to an activating group) is 1. The number of hydrogen-bond donors (Lipinski definition) is 2. The molecule has 2 aromatic rings. The molecule has 1 saturated carbocycles. The summed E-state index contributed by atoms with van der Waals surface area (Å²) >= 11 is 6.03. The Morgan fingerprint density at radius 1 is 1.27 bits per heavy atom. The van der Waals surface area contributed by atoms with Crippen molar-refractivity contribution in [2.24, 2.45) is 11.8 Å². The Hall–Kier alpha value is -2.66. The first kappa shape index (κ1) is 27.4. The fourth-order valence-corrected chi connectivity index (χ4v) is 5.78. The summed E-state index contributed by atoms with van der Waals surface area (Å²) in [6.45, 7) is 3.60. The Kier molecular flexibility index (Phi) is 8.13. The standard InChI is InChI=1S/C26H32ClN3O6S/c1-16-13-30(17(2)15-31)26(33)21-8-5-9-22(28-25(32)18-10-11-18)24(21)36-23(16)14-29(3)37(34,35)20-7-4-6-19(27)12-20/h4-9,12,16-18,23,31H,10-11,13-15H2,1-3H3,(H,28,32)/t16-,17+,23-/m0/s1. The molecule has 1 aliphatic heterocycles. The maximum atomic E-state index is 13.5. The zero-order chi connectivity index (χ0) is 26.9. The van der Waals surface area contributed by atoms with Crippen LogP contribution in [0.25, 0.3) is 0 Å². The largest absolute Gasteiger partial charge is 0.486 e. The Bertz CT molecular complexity index is 1280. The van der Waals surface area contributed by atoms with E-state index in [1.54, 1.807) is 42.2 Å². The van der Waals surface area contributed by atoms with Gasteiger partial charge < -0.3 is 20.1 Å². The van der Waals surface area contributed by atoms with Gasteiger partial charge in [0.1, 0.15) is 6.10 Å². The monoisotopic (exact) mass is 549 g/mol. The topological polar surface area (TPSA) is 116 Å². The number of sulfonamides is 1. The molecule has 0 bridgehead atoms. The number of rotatable bonds is 8. The van der Waals surface area contributed by atoms with Gasteiger partial charge in [0.05, 0.1) is 35.3 Å². The fraction of sp³-hybridized carbons (Fsp3) is 0.462. The van der Waals surface area contributed by atoms with Crippen molar-refractivity contribution in [2.45, 2.75) is 43.7 Å². The summed E-state index contributed by atoms with van der Waals surface area (Å²) in [5, 5.41) is 13.0. The first-order valence-electron chi connectivity index (χ1n) is 12.3. The molecule has 0 unspecified atom stereocenters. The van der Waals surface area contributed by atoms with E-state index < -0.39 is 22.2 Å². The molecule has 0 spiro atoms. The lowest BCUT2D eigenvalue weighted by atomic mass is 9.99. The smallest absolute Gasteiger partial charge is 0.258 e. The number of aliphatic hydroxyl groups is 1.